The minimum atomic E-state index is -0.795. The first-order valence-corrected chi connectivity index (χ1v) is 7.05. The van der Waals surface area contributed by atoms with Gasteiger partial charge >= 0.3 is 0 Å². The summed E-state index contributed by atoms with van der Waals surface area (Å²) in [6, 6.07) is 6.70. The fraction of sp³-hybridized carbons (Fsp3) is 0.0714. The van der Waals surface area contributed by atoms with Crippen molar-refractivity contribution < 1.29 is 13.6 Å². The van der Waals surface area contributed by atoms with Crippen LogP contribution in [0.2, 0.25) is 10.0 Å². The highest BCUT2D eigenvalue weighted by Crippen LogP contribution is 2.26. The van der Waals surface area contributed by atoms with E-state index >= 15 is 0 Å². The molecule has 0 saturated carbocycles. The molecule has 0 fully saturated rings. The molecular formula is C14H7BrCl2F2O. The smallest absolute Gasteiger partial charge is 0.169 e. The van der Waals surface area contributed by atoms with Crippen molar-refractivity contribution in [2.45, 2.75) is 6.42 Å². The van der Waals surface area contributed by atoms with Crippen molar-refractivity contribution in [3.05, 3.63) is 67.6 Å². The lowest BCUT2D eigenvalue weighted by Crippen LogP contribution is -2.08. The molecule has 0 heterocycles. The minimum Gasteiger partial charge on any atom is -0.294 e. The van der Waals surface area contributed by atoms with Crippen molar-refractivity contribution in [2.75, 3.05) is 0 Å². The van der Waals surface area contributed by atoms with Gasteiger partial charge < -0.3 is 0 Å². The summed E-state index contributed by atoms with van der Waals surface area (Å²) < 4.78 is 27.5. The number of carbonyl (C=O) groups is 1. The molecule has 0 aliphatic rings. The molecule has 0 unspecified atom stereocenters. The van der Waals surface area contributed by atoms with E-state index in [0.717, 1.165) is 6.07 Å². The van der Waals surface area contributed by atoms with E-state index in [0.29, 0.717) is 5.02 Å². The Labute approximate surface area is 132 Å². The van der Waals surface area contributed by atoms with E-state index in [1.165, 1.54) is 24.3 Å². The van der Waals surface area contributed by atoms with E-state index in [1.54, 1.807) is 0 Å². The van der Waals surface area contributed by atoms with E-state index in [-0.39, 0.29) is 20.6 Å². The van der Waals surface area contributed by atoms with Crippen LogP contribution >= 0.6 is 39.1 Å². The molecule has 0 radical (unpaired) electrons. The zero-order chi connectivity index (χ0) is 14.9. The Hall–Kier alpha value is -0.970. The Bertz CT molecular complexity index is 689. The first kappa shape index (κ1) is 15.4. The maximum absolute atomic E-state index is 13.8. The molecule has 0 aromatic heterocycles. The van der Waals surface area contributed by atoms with Gasteiger partial charge in [-0.2, -0.15) is 0 Å². The largest absolute Gasteiger partial charge is 0.294 e. The molecule has 0 aliphatic heterocycles. The molecule has 20 heavy (non-hydrogen) atoms. The zero-order valence-corrected chi connectivity index (χ0v) is 13.0. The number of benzene rings is 2. The first-order valence-electron chi connectivity index (χ1n) is 5.50. The second-order valence-corrected chi connectivity index (χ2v) is 5.74. The van der Waals surface area contributed by atoms with Gasteiger partial charge in [0.25, 0.3) is 0 Å². The number of ketones is 1. The molecule has 2 aromatic carbocycles. The van der Waals surface area contributed by atoms with Gasteiger partial charge in [0.1, 0.15) is 11.6 Å². The van der Waals surface area contributed by atoms with Crippen LogP contribution in [-0.2, 0) is 6.42 Å². The third-order valence-electron chi connectivity index (χ3n) is 2.71. The molecule has 0 atom stereocenters. The summed E-state index contributed by atoms with van der Waals surface area (Å²) >= 11 is 14.6. The van der Waals surface area contributed by atoms with E-state index < -0.39 is 23.8 Å². The molecule has 6 heteroatoms. The molecule has 0 spiro atoms. The molecule has 0 aliphatic carbocycles. The molecule has 104 valence electrons. The Morgan fingerprint density at radius 1 is 1.15 bits per heavy atom. The summed E-state index contributed by atoms with van der Waals surface area (Å²) in [5.74, 6) is -2.08. The van der Waals surface area contributed by atoms with Gasteiger partial charge in [-0.25, -0.2) is 8.78 Å². The van der Waals surface area contributed by atoms with Crippen molar-refractivity contribution in [3.8, 4) is 0 Å². The Morgan fingerprint density at radius 3 is 2.55 bits per heavy atom. The highest BCUT2D eigenvalue weighted by atomic mass is 79.9. The highest BCUT2D eigenvalue weighted by molar-refractivity contribution is 9.10. The van der Waals surface area contributed by atoms with E-state index in [4.69, 9.17) is 23.2 Å². The van der Waals surface area contributed by atoms with E-state index in [1.807, 2.05) is 0 Å². The monoisotopic (exact) mass is 378 g/mol. The summed E-state index contributed by atoms with van der Waals surface area (Å²) in [7, 11) is 0. The predicted octanol–water partition coefficient (Wildman–Crippen LogP) is 5.46. The molecule has 2 aromatic rings. The van der Waals surface area contributed by atoms with E-state index in [2.05, 4.69) is 15.9 Å². The van der Waals surface area contributed by atoms with Crippen molar-refractivity contribution >= 4 is 44.9 Å². The Kier molecular flexibility index (Phi) is 4.78. The maximum atomic E-state index is 13.8. The summed E-state index contributed by atoms with van der Waals surface area (Å²) in [5, 5.41) is 0.517. The lowest BCUT2D eigenvalue weighted by atomic mass is 10.0. The summed E-state index contributed by atoms with van der Waals surface area (Å²) in [5.41, 5.74) is -0.168. The van der Waals surface area contributed by atoms with Crippen LogP contribution in [0.1, 0.15) is 15.9 Å². The van der Waals surface area contributed by atoms with Crippen molar-refractivity contribution in [1.29, 1.82) is 0 Å². The quantitative estimate of drug-likeness (QED) is 0.511. The van der Waals surface area contributed by atoms with Crippen molar-refractivity contribution in [2.24, 2.45) is 0 Å². The SMILES string of the molecule is O=C(Cc1c(F)ccc(Br)c1F)c1cc(Cl)ccc1Cl. The molecule has 1 nitrogen and oxygen atoms in total. The number of Topliss-reactive ketones (excluding diaryl/α,β-unsaturated/α-hetero) is 1. The lowest BCUT2D eigenvalue weighted by Gasteiger charge is -2.07. The van der Waals surface area contributed by atoms with Crippen LogP contribution in [0, 0.1) is 11.6 Å². The van der Waals surface area contributed by atoms with Crippen LogP contribution in [0.4, 0.5) is 8.78 Å². The second-order valence-electron chi connectivity index (χ2n) is 4.05. The lowest BCUT2D eigenvalue weighted by molar-refractivity contribution is 0.0990. The van der Waals surface area contributed by atoms with Crippen molar-refractivity contribution in [1.82, 2.24) is 0 Å². The van der Waals surface area contributed by atoms with Crippen molar-refractivity contribution in [3.63, 3.8) is 0 Å². The van der Waals surface area contributed by atoms with Gasteiger partial charge in [-0.3, -0.25) is 4.79 Å². The van der Waals surface area contributed by atoms with Crippen LogP contribution in [0.3, 0.4) is 0 Å². The third kappa shape index (κ3) is 3.19. The summed E-state index contributed by atoms with van der Waals surface area (Å²) in [6.45, 7) is 0. The summed E-state index contributed by atoms with van der Waals surface area (Å²) in [4.78, 5) is 12.1. The standard InChI is InChI=1S/C14H7BrCl2F2O/c15-10-2-4-12(18)9(14(10)19)6-13(20)8-5-7(16)1-3-11(8)17/h1-5H,6H2. The molecule has 0 N–H and O–H groups in total. The number of hydrogen-bond acceptors (Lipinski definition) is 1. The topological polar surface area (TPSA) is 17.1 Å². The minimum absolute atomic E-state index is 0.0962. The normalized spacial score (nSPS) is 10.7. The fourth-order valence-corrected chi connectivity index (χ4v) is 2.46. The molecule has 0 saturated heterocycles. The van der Waals surface area contributed by atoms with Crippen LogP contribution in [-0.4, -0.2) is 5.78 Å². The van der Waals surface area contributed by atoms with Gasteiger partial charge in [0, 0.05) is 22.6 Å². The van der Waals surface area contributed by atoms with Gasteiger partial charge in [0.15, 0.2) is 5.78 Å². The Balaban J connectivity index is 2.38. The third-order valence-corrected chi connectivity index (χ3v) is 3.88. The number of rotatable bonds is 3. The predicted molar refractivity (Wildman–Crippen MR) is 78.6 cm³/mol. The van der Waals surface area contributed by atoms with E-state index in [9.17, 15) is 13.6 Å². The maximum Gasteiger partial charge on any atom is 0.169 e. The highest BCUT2D eigenvalue weighted by Gasteiger charge is 2.18. The number of halogens is 5. The Morgan fingerprint density at radius 2 is 1.85 bits per heavy atom. The van der Waals surface area contributed by atoms with Crippen LogP contribution < -0.4 is 0 Å². The zero-order valence-electron chi connectivity index (χ0n) is 9.89. The van der Waals surface area contributed by atoms with Crippen LogP contribution in [0.5, 0.6) is 0 Å². The van der Waals surface area contributed by atoms with Gasteiger partial charge in [-0.05, 0) is 46.3 Å². The summed E-state index contributed by atoms with van der Waals surface area (Å²) in [6.07, 6.45) is -0.433. The molecule has 0 amide bonds. The second kappa shape index (κ2) is 6.20. The number of carbonyl (C=O) groups excluding carboxylic acids is 1. The molecule has 2 rings (SSSR count). The molecule has 0 bridgehead atoms. The van der Waals surface area contributed by atoms with Crippen LogP contribution in [0.25, 0.3) is 0 Å². The average Bonchev–Trinajstić information content (AvgIpc) is 2.41. The van der Waals surface area contributed by atoms with Gasteiger partial charge in [-0.15, -0.1) is 0 Å². The number of hydrogen-bond donors (Lipinski definition) is 0. The van der Waals surface area contributed by atoms with Crippen LogP contribution in [0.15, 0.2) is 34.8 Å². The van der Waals surface area contributed by atoms with Gasteiger partial charge in [0.05, 0.1) is 9.50 Å². The fourth-order valence-electron chi connectivity index (χ4n) is 1.70. The molecular weight excluding hydrogens is 373 g/mol. The van der Waals surface area contributed by atoms with Gasteiger partial charge in [0.2, 0.25) is 0 Å². The average molecular weight is 380 g/mol. The van der Waals surface area contributed by atoms with Gasteiger partial charge in [-0.1, -0.05) is 23.2 Å². The first-order chi connectivity index (χ1) is 9.40.